The van der Waals surface area contributed by atoms with Gasteiger partial charge < -0.3 is 4.90 Å². The largest absolute Gasteiger partial charge is 0.342 e. The number of carbonyl (C=O) groups is 1. The number of likely N-dealkylation sites (tertiary alicyclic amines) is 1. The van der Waals surface area contributed by atoms with Gasteiger partial charge in [-0.25, -0.2) is 12.8 Å². The molecule has 2 fully saturated rings. The van der Waals surface area contributed by atoms with Gasteiger partial charge in [-0.15, -0.1) is 0 Å². The van der Waals surface area contributed by atoms with Crippen molar-refractivity contribution in [1.29, 1.82) is 0 Å². The number of nitrogens with zero attached hydrogens (tertiary/aromatic N) is 2. The van der Waals surface area contributed by atoms with Gasteiger partial charge in [0.15, 0.2) is 0 Å². The van der Waals surface area contributed by atoms with Crippen LogP contribution in [0.5, 0.6) is 0 Å². The van der Waals surface area contributed by atoms with Gasteiger partial charge in [-0.1, -0.05) is 30.3 Å². The zero-order valence-corrected chi connectivity index (χ0v) is 18.4. The molecule has 5 nitrogen and oxygen atoms in total. The van der Waals surface area contributed by atoms with Gasteiger partial charge in [0.05, 0.1) is 4.90 Å². The number of hydrogen-bond donors (Lipinski definition) is 0. The van der Waals surface area contributed by atoms with E-state index in [1.54, 1.807) is 0 Å². The molecule has 2 saturated heterocycles. The Morgan fingerprint density at radius 2 is 1.48 bits per heavy atom. The summed E-state index contributed by atoms with van der Waals surface area (Å²) in [7, 11) is -3.65. The minimum absolute atomic E-state index is 0.0964. The molecule has 0 aliphatic carbocycles. The molecule has 2 aromatic carbocycles. The van der Waals surface area contributed by atoms with Crippen LogP contribution in [0, 0.1) is 17.7 Å². The molecule has 4 rings (SSSR count). The third kappa shape index (κ3) is 5.15. The predicted molar refractivity (Wildman–Crippen MR) is 117 cm³/mol. The number of carbonyl (C=O) groups excluding carboxylic acids is 1. The maximum atomic E-state index is 13.1. The summed E-state index contributed by atoms with van der Waals surface area (Å²) in [6.07, 6.45) is 4.14. The number of piperidine rings is 2. The van der Waals surface area contributed by atoms with Crippen LogP contribution in [0.25, 0.3) is 0 Å². The molecular formula is C24H29FN2O3S. The maximum Gasteiger partial charge on any atom is 0.243 e. The fourth-order valence-electron chi connectivity index (χ4n) is 4.66. The van der Waals surface area contributed by atoms with Crippen LogP contribution in [0.2, 0.25) is 0 Å². The molecule has 0 aromatic heterocycles. The molecule has 0 atom stereocenters. The van der Waals surface area contributed by atoms with Crippen LogP contribution in [0.4, 0.5) is 4.39 Å². The standard InChI is InChI=1S/C24H29FN2O3S/c25-22-6-8-23(9-7-22)31(29,30)27-16-12-21(13-17-27)24(28)26-14-10-20(11-15-26)18-19-4-2-1-3-5-19/h1-9,20-21H,10-18H2. The van der Waals surface area contributed by atoms with E-state index in [-0.39, 0.29) is 16.7 Å². The van der Waals surface area contributed by atoms with Crippen molar-refractivity contribution in [3.8, 4) is 0 Å². The number of hydrogen-bond acceptors (Lipinski definition) is 3. The third-order valence-electron chi connectivity index (χ3n) is 6.55. The smallest absolute Gasteiger partial charge is 0.243 e. The van der Waals surface area contributed by atoms with Gasteiger partial charge in [0.25, 0.3) is 0 Å². The van der Waals surface area contributed by atoms with Crippen molar-refractivity contribution in [1.82, 2.24) is 9.21 Å². The molecule has 0 spiro atoms. The highest BCUT2D eigenvalue weighted by atomic mass is 32.2. The molecule has 0 N–H and O–H groups in total. The van der Waals surface area contributed by atoms with Crippen molar-refractivity contribution in [2.75, 3.05) is 26.2 Å². The first-order chi connectivity index (χ1) is 14.9. The van der Waals surface area contributed by atoms with Crippen molar-refractivity contribution < 1.29 is 17.6 Å². The summed E-state index contributed by atoms with van der Waals surface area (Å²) in [6.45, 7) is 2.20. The normalized spacial score (nSPS) is 19.5. The Kier molecular flexibility index (Phi) is 6.72. The highest BCUT2D eigenvalue weighted by molar-refractivity contribution is 7.89. The average Bonchev–Trinajstić information content (AvgIpc) is 2.80. The van der Waals surface area contributed by atoms with Crippen molar-refractivity contribution in [3.05, 3.63) is 66.0 Å². The molecular weight excluding hydrogens is 415 g/mol. The van der Waals surface area contributed by atoms with Gasteiger partial charge in [0.2, 0.25) is 15.9 Å². The average molecular weight is 445 g/mol. The lowest BCUT2D eigenvalue weighted by Crippen LogP contribution is -2.46. The first-order valence-electron chi connectivity index (χ1n) is 11.0. The lowest BCUT2D eigenvalue weighted by atomic mass is 9.89. The minimum Gasteiger partial charge on any atom is -0.342 e. The first-order valence-corrected chi connectivity index (χ1v) is 12.5. The second-order valence-electron chi connectivity index (χ2n) is 8.59. The summed E-state index contributed by atoms with van der Waals surface area (Å²) < 4.78 is 40.1. The predicted octanol–water partition coefficient (Wildman–Crippen LogP) is 3.71. The highest BCUT2D eigenvalue weighted by Gasteiger charge is 2.34. The summed E-state index contributed by atoms with van der Waals surface area (Å²) >= 11 is 0. The molecule has 1 amide bonds. The van der Waals surface area contributed by atoms with E-state index in [2.05, 4.69) is 24.3 Å². The van der Waals surface area contributed by atoms with E-state index < -0.39 is 15.8 Å². The number of benzene rings is 2. The van der Waals surface area contributed by atoms with Gasteiger partial charge >= 0.3 is 0 Å². The summed E-state index contributed by atoms with van der Waals surface area (Å²) in [5.41, 5.74) is 1.35. The van der Waals surface area contributed by atoms with Crippen LogP contribution in [0.3, 0.4) is 0 Å². The van der Waals surface area contributed by atoms with Crippen molar-refractivity contribution in [2.45, 2.75) is 37.0 Å². The first kappa shape index (κ1) is 22.0. The Morgan fingerprint density at radius 3 is 2.10 bits per heavy atom. The summed E-state index contributed by atoms with van der Waals surface area (Å²) in [5.74, 6) is 0.187. The van der Waals surface area contributed by atoms with Gasteiger partial charge in [0, 0.05) is 32.1 Å². The van der Waals surface area contributed by atoms with Crippen LogP contribution in [0.15, 0.2) is 59.5 Å². The monoisotopic (exact) mass is 444 g/mol. The van der Waals surface area contributed by atoms with E-state index in [0.717, 1.165) is 44.5 Å². The SMILES string of the molecule is O=C(C1CCN(S(=O)(=O)c2ccc(F)cc2)CC1)N1CCC(Cc2ccccc2)CC1. The lowest BCUT2D eigenvalue weighted by molar-refractivity contribution is -0.138. The Morgan fingerprint density at radius 1 is 0.871 bits per heavy atom. The molecule has 2 heterocycles. The van der Waals surface area contributed by atoms with E-state index in [4.69, 9.17) is 0 Å². The molecule has 31 heavy (non-hydrogen) atoms. The number of amides is 1. The quantitative estimate of drug-likeness (QED) is 0.707. The van der Waals surface area contributed by atoms with Gasteiger partial charge in [-0.2, -0.15) is 4.31 Å². The second kappa shape index (κ2) is 9.49. The molecule has 2 aromatic rings. The van der Waals surface area contributed by atoms with Gasteiger partial charge in [-0.05, 0) is 67.9 Å². The van der Waals surface area contributed by atoms with Crippen molar-refractivity contribution in [3.63, 3.8) is 0 Å². The zero-order chi connectivity index (χ0) is 21.8. The summed E-state index contributed by atoms with van der Waals surface area (Å²) in [6, 6.07) is 15.4. The van der Waals surface area contributed by atoms with Crippen LogP contribution >= 0.6 is 0 Å². The fourth-order valence-corrected chi connectivity index (χ4v) is 6.13. The second-order valence-corrected chi connectivity index (χ2v) is 10.5. The minimum atomic E-state index is -3.65. The van der Waals surface area contributed by atoms with Crippen LogP contribution in [-0.4, -0.2) is 49.7 Å². The van der Waals surface area contributed by atoms with E-state index in [9.17, 15) is 17.6 Å². The third-order valence-corrected chi connectivity index (χ3v) is 8.46. The number of rotatable bonds is 5. The Balaban J connectivity index is 1.27. The molecule has 7 heteroatoms. The molecule has 0 bridgehead atoms. The fraction of sp³-hybridized carbons (Fsp3) is 0.458. The zero-order valence-electron chi connectivity index (χ0n) is 17.6. The number of halogens is 1. The molecule has 2 aliphatic heterocycles. The molecule has 0 radical (unpaired) electrons. The topological polar surface area (TPSA) is 57.7 Å². The Hall–Kier alpha value is -2.25. The van der Waals surface area contributed by atoms with Crippen molar-refractivity contribution in [2.24, 2.45) is 11.8 Å². The lowest BCUT2D eigenvalue weighted by Gasteiger charge is -2.37. The van der Waals surface area contributed by atoms with Gasteiger partial charge in [-0.3, -0.25) is 4.79 Å². The Bertz CT molecular complexity index is 979. The highest BCUT2D eigenvalue weighted by Crippen LogP contribution is 2.28. The van der Waals surface area contributed by atoms with E-state index in [1.807, 2.05) is 11.0 Å². The van der Waals surface area contributed by atoms with Crippen LogP contribution in [-0.2, 0) is 21.2 Å². The molecule has 166 valence electrons. The molecule has 0 saturated carbocycles. The maximum absolute atomic E-state index is 13.1. The van der Waals surface area contributed by atoms with Gasteiger partial charge in [0.1, 0.15) is 5.82 Å². The van der Waals surface area contributed by atoms with E-state index >= 15 is 0 Å². The van der Waals surface area contributed by atoms with Crippen molar-refractivity contribution >= 4 is 15.9 Å². The van der Waals surface area contributed by atoms with E-state index in [1.165, 1.54) is 22.0 Å². The van der Waals surface area contributed by atoms with Crippen LogP contribution < -0.4 is 0 Å². The van der Waals surface area contributed by atoms with Crippen LogP contribution in [0.1, 0.15) is 31.2 Å². The summed E-state index contributed by atoms with van der Waals surface area (Å²) in [4.78, 5) is 15.1. The Labute approximate surface area is 183 Å². The summed E-state index contributed by atoms with van der Waals surface area (Å²) in [5, 5.41) is 0. The van der Waals surface area contributed by atoms with E-state index in [0.29, 0.717) is 31.8 Å². The number of sulfonamides is 1. The molecule has 0 unspecified atom stereocenters. The molecule has 2 aliphatic rings.